The van der Waals surface area contributed by atoms with E-state index in [1.807, 2.05) is 0 Å². The van der Waals surface area contributed by atoms with Crippen LogP contribution in [-0.4, -0.2) is 85.2 Å². The summed E-state index contributed by atoms with van der Waals surface area (Å²) in [6.07, 6.45) is 20.1. The van der Waals surface area contributed by atoms with E-state index < -0.39 is 31.7 Å². The molecular formula is C30H60N2O8S2. The molecule has 0 atom stereocenters. The summed E-state index contributed by atoms with van der Waals surface area (Å²) in [7, 11) is -8.59. The predicted octanol–water partition coefficient (Wildman–Crippen LogP) is 6.26. The molecule has 12 heteroatoms. The number of unbranched alkanes of at least 4 members (excludes halogenated alkanes) is 16. The lowest BCUT2D eigenvalue weighted by molar-refractivity contribution is -0.135. The molecular weight excluding hydrogens is 580 g/mol. The van der Waals surface area contributed by atoms with Gasteiger partial charge in [0.15, 0.2) is 0 Å². The second kappa shape index (κ2) is 25.1. The molecule has 0 aromatic heterocycles. The van der Waals surface area contributed by atoms with Crippen molar-refractivity contribution in [3.05, 3.63) is 0 Å². The van der Waals surface area contributed by atoms with Crippen LogP contribution in [0, 0.1) is 0 Å². The topological polar surface area (TPSA) is 149 Å². The van der Waals surface area contributed by atoms with Crippen molar-refractivity contribution < 1.29 is 35.5 Å². The van der Waals surface area contributed by atoms with Gasteiger partial charge in [0, 0.05) is 39.0 Å². The first-order valence-corrected chi connectivity index (χ1v) is 19.6. The molecule has 0 fully saturated rings. The molecule has 2 amide bonds. The van der Waals surface area contributed by atoms with E-state index >= 15 is 0 Å². The van der Waals surface area contributed by atoms with Crippen LogP contribution in [-0.2, 0) is 29.8 Å². The van der Waals surface area contributed by atoms with Crippen LogP contribution in [0.3, 0.4) is 0 Å². The van der Waals surface area contributed by atoms with Crippen molar-refractivity contribution in [1.29, 1.82) is 0 Å². The number of hydrogen-bond acceptors (Lipinski definition) is 6. The van der Waals surface area contributed by atoms with Gasteiger partial charge in [-0.3, -0.25) is 18.7 Å². The lowest BCUT2D eigenvalue weighted by Crippen LogP contribution is -2.44. The first kappa shape index (κ1) is 40.8. The zero-order chi connectivity index (χ0) is 31.7. The summed E-state index contributed by atoms with van der Waals surface area (Å²) in [5.41, 5.74) is 0. The Bertz CT molecular complexity index is 836. The fourth-order valence-electron chi connectivity index (χ4n) is 4.90. The molecule has 10 nitrogen and oxygen atoms in total. The Hall–Kier alpha value is -1.24. The van der Waals surface area contributed by atoms with E-state index in [9.17, 15) is 35.5 Å². The van der Waals surface area contributed by atoms with Crippen molar-refractivity contribution in [2.24, 2.45) is 0 Å². The van der Waals surface area contributed by atoms with E-state index in [1.54, 1.807) is 0 Å². The van der Waals surface area contributed by atoms with E-state index in [1.165, 1.54) is 74.0 Å². The third-order valence-corrected chi connectivity index (χ3v) is 8.97. The summed E-state index contributed by atoms with van der Waals surface area (Å²) in [6.45, 7) is 3.97. The minimum atomic E-state index is -4.29. The fourth-order valence-corrected chi connectivity index (χ4v) is 5.81. The van der Waals surface area contributed by atoms with E-state index in [0.29, 0.717) is 12.8 Å². The number of rotatable bonds is 29. The Morgan fingerprint density at radius 2 is 0.714 bits per heavy atom. The van der Waals surface area contributed by atoms with Gasteiger partial charge in [0.05, 0.1) is 11.5 Å². The minimum absolute atomic E-state index is 0.0146. The third-order valence-electron chi connectivity index (χ3n) is 7.57. The van der Waals surface area contributed by atoms with Crippen LogP contribution < -0.4 is 0 Å². The van der Waals surface area contributed by atoms with Crippen molar-refractivity contribution in [3.8, 4) is 0 Å². The Kier molecular flexibility index (Phi) is 24.4. The van der Waals surface area contributed by atoms with Crippen molar-refractivity contribution in [2.45, 2.75) is 142 Å². The number of nitrogens with zero attached hydrogens (tertiary/aromatic N) is 2. The molecule has 0 heterocycles. The second-order valence-corrected chi connectivity index (χ2v) is 14.6. The first-order chi connectivity index (χ1) is 19.9. The fraction of sp³-hybridized carbons (Fsp3) is 0.933. The Labute approximate surface area is 256 Å². The van der Waals surface area contributed by atoms with E-state index in [-0.39, 0.29) is 50.8 Å². The molecule has 0 aliphatic carbocycles. The molecule has 0 aromatic carbocycles. The minimum Gasteiger partial charge on any atom is -0.340 e. The SMILES string of the molecule is CCCCCCCCCCCC(=O)N(CCN(CCS(=O)(=O)O)C(=O)CCCCCCCCCCC)CCS(=O)(=O)O. The molecule has 0 radical (unpaired) electrons. The lowest BCUT2D eigenvalue weighted by atomic mass is 10.1. The van der Waals surface area contributed by atoms with Gasteiger partial charge in [-0.1, -0.05) is 117 Å². The van der Waals surface area contributed by atoms with Crippen LogP contribution in [0.15, 0.2) is 0 Å². The molecule has 0 saturated heterocycles. The highest BCUT2D eigenvalue weighted by molar-refractivity contribution is 7.86. The van der Waals surface area contributed by atoms with Crippen LogP contribution in [0.4, 0.5) is 0 Å². The standard InChI is InChI=1S/C30H60N2O8S2/c1-3-5-7-9-11-13-15-17-19-21-29(33)31(25-27-41(35,36)37)23-24-32(26-28-42(38,39)40)30(34)22-20-18-16-14-12-10-8-6-4-2/h3-28H2,1-2H3,(H,35,36,37)(H,38,39,40). The molecule has 0 saturated carbocycles. The highest BCUT2D eigenvalue weighted by Crippen LogP contribution is 2.13. The summed E-state index contributed by atoms with van der Waals surface area (Å²) in [5, 5.41) is 0. The van der Waals surface area contributed by atoms with Crippen molar-refractivity contribution in [2.75, 3.05) is 37.7 Å². The zero-order valence-corrected chi connectivity index (χ0v) is 28.1. The predicted molar refractivity (Wildman–Crippen MR) is 170 cm³/mol. The van der Waals surface area contributed by atoms with Crippen molar-refractivity contribution in [1.82, 2.24) is 9.80 Å². The van der Waals surface area contributed by atoms with Gasteiger partial charge in [0.1, 0.15) is 0 Å². The lowest BCUT2D eigenvalue weighted by Gasteiger charge is -2.28. The molecule has 0 aliphatic rings. The molecule has 0 bridgehead atoms. The van der Waals surface area contributed by atoms with Crippen LogP contribution in [0.2, 0.25) is 0 Å². The molecule has 0 aromatic rings. The maximum Gasteiger partial charge on any atom is 0.266 e. The van der Waals surface area contributed by atoms with Crippen LogP contribution in [0.1, 0.15) is 142 Å². The van der Waals surface area contributed by atoms with Crippen LogP contribution in [0.25, 0.3) is 0 Å². The van der Waals surface area contributed by atoms with Crippen molar-refractivity contribution >= 4 is 32.1 Å². The summed E-state index contributed by atoms with van der Waals surface area (Å²) in [4.78, 5) is 28.5. The van der Waals surface area contributed by atoms with Gasteiger partial charge in [0.2, 0.25) is 11.8 Å². The average Bonchev–Trinajstić information content (AvgIpc) is 2.91. The highest BCUT2D eigenvalue weighted by atomic mass is 32.2. The van der Waals surface area contributed by atoms with E-state index in [4.69, 9.17) is 0 Å². The van der Waals surface area contributed by atoms with Gasteiger partial charge >= 0.3 is 0 Å². The monoisotopic (exact) mass is 640 g/mol. The largest absolute Gasteiger partial charge is 0.340 e. The Balaban J connectivity index is 4.86. The average molecular weight is 641 g/mol. The van der Waals surface area contributed by atoms with Gasteiger partial charge in [-0.15, -0.1) is 0 Å². The summed E-state index contributed by atoms with van der Waals surface area (Å²) < 4.78 is 63.9. The van der Waals surface area contributed by atoms with Gasteiger partial charge in [0.25, 0.3) is 20.2 Å². The van der Waals surface area contributed by atoms with Gasteiger partial charge in [-0.2, -0.15) is 16.8 Å². The molecule has 42 heavy (non-hydrogen) atoms. The quantitative estimate of drug-likeness (QED) is 0.0719. The van der Waals surface area contributed by atoms with Gasteiger partial charge in [-0.25, -0.2) is 0 Å². The molecule has 0 spiro atoms. The highest BCUT2D eigenvalue weighted by Gasteiger charge is 2.21. The Morgan fingerprint density at radius 1 is 0.452 bits per heavy atom. The normalized spacial score (nSPS) is 12.0. The first-order valence-electron chi connectivity index (χ1n) is 16.4. The smallest absolute Gasteiger partial charge is 0.266 e. The van der Waals surface area contributed by atoms with Crippen LogP contribution >= 0.6 is 0 Å². The number of amides is 2. The zero-order valence-electron chi connectivity index (χ0n) is 26.4. The van der Waals surface area contributed by atoms with Crippen LogP contribution in [0.5, 0.6) is 0 Å². The number of hydrogen-bond donors (Lipinski definition) is 2. The number of carbonyl (C=O) groups is 2. The third kappa shape index (κ3) is 26.4. The van der Waals surface area contributed by atoms with E-state index in [2.05, 4.69) is 13.8 Å². The second-order valence-electron chi connectivity index (χ2n) is 11.5. The molecule has 250 valence electrons. The molecule has 0 rings (SSSR count). The number of carbonyl (C=O) groups excluding carboxylic acids is 2. The summed E-state index contributed by atoms with van der Waals surface area (Å²) in [6, 6.07) is 0. The van der Waals surface area contributed by atoms with Gasteiger partial charge in [-0.05, 0) is 12.8 Å². The maximum atomic E-state index is 12.9. The molecule has 0 aliphatic heterocycles. The maximum absolute atomic E-state index is 12.9. The van der Waals surface area contributed by atoms with Gasteiger partial charge < -0.3 is 9.80 Å². The van der Waals surface area contributed by atoms with E-state index in [0.717, 1.165) is 38.5 Å². The van der Waals surface area contributed by atoms with Crippen molar-refractivity contribution in [3.63, 3.8) is 0 Å². The summed E-state index contributed by atoms with van der Waals surface area (Å²) >= 11 is 0. The Morgan fingerprint density at radius 3 is 0.976 bits per heavy atom. The molecule has 0 unspecified atom stereocenters. The molecule has 2 N–H and O–H groups in total. The summed E-state index contributed by atoms with van der Waals surface area (Å²) in [5.74, 6) is -1.76.